The molecular weight excluding hydrogens is 413 g/mol. The van der Waals surface area contributed by atoms with Gasteiger partial charge in [0.05, 0.1) is 16.5 Å². The van der Waals surface area contributed by atoms with Crippen molar-refractivity contribution in [1.82, 2.24) is 5.32 Å². The topological polar surface area (TPSA) is 58.2 Å². The van der Waals surface area contributed by atoms with Gasteiger partial charge < -0.3 is 10.6 Å². The second kappa shape index (κ2) is 8.45. The highest BCUT2D eigenvalue weighted by Gasteiger charge is 2.30. The Morgan fingerprint density at radius 2 is 1.89 bits per heavy atom. The molecule has 1 unspecified atom stereocenters. The molecule has 2 amide bonds. The Hall–Kier alpha value is -2.19. The summed E-state index contributed by atoms with van der Waals surface area (Å²) < 4.78 is 37.6. The van der Waals surface area contributed by atoms with Gasteiger partial charge in [-0.15, -0.1) is 11.8 Å². The standard InChI is InChI=1S/C19H16ClF3N2O2S/c20-13-5-6-15-14(9-13)25-18(27)16(28-15)10-17(26)24-8-7-11-1-3-12(4-2-11)19(21,22)23/h1-6,9,16H,7-8,10H2,(H,24,26)(H,25,27). The highest BCUT2D eigenvalue weighted by Crippen LogP contribution is 2.38. The molecule has 28 heavy (non-hydrogen) atoms. The summed E-state index contributed by atoms with van der Waals surface area (Å²) >= 11 is 7.20. The summed E-state index contributed by atoms with van der Waals surface area (Å²) in [5, 5.41) is 5.40. The molecule has 3 rings (SSSR count). The van der Waals surface area contributed by atoms with Crippen LogP contribution in [0.5, 0.6) is 0 Å². The average molecular weight is 429 g/mol. The van der Waals surface area contributed by atoms with Crippen molar-refractivity contribution in [1.29, 1.82) is 0 Å². The number of thioether (sulfide) groups is 1. The van der Waals surface area contributed by atoms with Crippen LogP contribution in [-0.4, -0.2) is 23.6 Å². The summed E-state index contributed by atoms with van der Waals surface area (Å²) in [6.45, 7) is 0.273. The second-order valence-electron chi connectivity index (χ2n) is 6.23. The van der Waals surface area contributed by atoms with E-state index < -0.39 is 17.0 Å². The lowest BCUT2D eigenvalue weighted by Gasteiger charge is -2.23. The van der Waals surface area contributed by atoms with Crippen molar-refractivity contribution in [2.75, 3.05) is 11.9 Å². The predicted molar refractivity (Wildman–Crippen MR) is 103 cm³/mol. The summed E-state index contributed by atoms with van der Waals surface area (Å²) in [6.07, 6.45) is -3.96. The highest BCUT2D eigenvalue weighted by molar-refractivity contribution is 8.01. The summed E-state index contributed by atoms with van der Waals surface area (Å²) in [4.78, 5) is 25.1. The lowest BCUT2D eigenvalue weighted by molar-refractivity contribution is -0.137. The zero-order valence-corrected chi connectivity index (χ0v) is 16.0. The van der Waals surface area contributed by atoms with E-state index in [2.05, 4.69) is 10.6 Å². The third-order valence-corrected chi connectivity index (χ3v) is 5.66. The molecule has 4 nitrogen and oxygen atoms in total. The van der Waals surface area contributed by atoms with Crippen LogP contribution < -0.4 is 10.6 Å². The minimum Gasteiger partial charge on any atom is -0.356 e. The first-order valence-electron chi connectivity index (χ1n) is 8.42. The second-order valence-corrected chi connectivity index (χ2v) is 7.92. The Kier molecular flexibility index (Phi) is 6.20. The Balaban J connectivity index is 1.48. The van der Waals surface area contributed by atoms with Gasteiger partial charge in [-0.3, -0.25) is 9.59 Å². The largest absolute Gasteiger partial charge is 0.416 e. The molecule has 0 bridgehead atoms. The monoisotopic (exact) mass is 428 g/mol. The van der Waals surface area contributed by atoms with Crippen LogP contribution in [-0.2, 0) is 22.2 Å². The first-order valence-corrected chi connectivity index (χ1v) is 9.68. The van der Waals surface area contributed by atoms with Crippen LogP contribution >= 0.6 is 23.4 Å². The molecule has 2 aromatic carbocycles. The van der Waals surface area contributed by atoms with Gasteiger partial charge >= 0.3 is 6.18 Å². The van der Waals surface area contributed by atoms with Crippen LogP contribution in [0.15, 0.2) is 47.4 Å². The Morgan fingerprint density at radius 3 is 2.57 bits per heavy atom. The van der Waals surface area contributed by atoms with Crippen LogP contribution in [0.2, 0.25) is 5.02 Å². The molecule has 2 aromatic rings. The molecule has 9 heteroatoms. The summed E-state index contributed by atoms with van der Waals surface area (Å²) in [5.41, 5.74) is 0.604. The lowest BCUT2D eigenvalue weighted by atomic mass is 10.1. The summed E-state index contributed by atoms with van der Waals surface area (Å²) in [7, 11) is 0. The molecule has 0 radical (unpaired) electrons. The van der Waals surface area contributed by atoms with Crippen LogP contribution in [0.25, 0.3) is 0 Å². The van der Waals surface area contributed by atoms with Gasteiger partial charge in [0.2, 0.25) is 11.8 Å². The van der Waals surface area contributed by atoms with Crippen molar-refractivity contribution in [3.05, 3.63) is 58.6 Å². The van der Waals surface area contributed by atoms with Crippen LogP contribution in [0.3, 0.4) is 0 Å². The third kappa shape index (κ3) is 5.20. The van der Waals surface area contributed by atoms with Crippen LogP contribution in [0.4, 0.5) is 18.9 Å². The van der Waals surface area contributed by atoms with E-state index in [1.807, 2.05) is 0 Å². The van der Waals surface area contributed by atoms with Crippen molar-refractivity contribution in [3.63, 3.8) is 0 Å². The smallest absolute Gasteiger partial charge is 0.356 e. The number of rotatable bonds is 5. The van der Waals surface area contributed by atoms with E-state index >= 15 is 0 Å². The first kappa shape index (κ1) is 20.5. The highest BCUT2D eigenvalue weighted by atomic mass is 35.5. The van der Waals surface area contributed by atoms with E-state index in [1.54, 1.807) is 18.2 Å². The fourth-order valence-electron chi connectivity index (χ4n) is 2.70. The molecule has 2 N–H and O–H groups in total. The quantitative estimate of drug-likeness (QED) is 0.736. The number of nitrogens with one attached hydrogen (secondary N) is 2. The van der Waals surface area contributed by atoms with Crippen LogP contribution in [0, 0.1) is 0 Å². The zero-order valence-electron chi connectivity index (χ0n) is 14.5. The van der Waals surface area contributed by atoms with Gasteiger partial charge in [0.15, 0.2) is 0 Å². The number of fused-ring (bicyclic) bond motifs is 1. The van der Waals surface area contributed by atoms with Gasteiger partial charge in [-0.2, -0.15) is 13.2 Å². The summed E-state index contributed by atoms with van der Waals surface area (Å²) in [5.74, 6) is -0.561. The van der Waals surface area contributed by atoms with E-state index in [-0.39, 0.29) is 24.8 Å². The molecule has 1 atom stereocenters. The van der Waals surface area contributed by atoms with E-state index in [0.29, 0.717) is 22.7 Å². The molecule has 0 saturated heterocycles. The van der Waals surface area contributed by atoms with Crippen molar-refractivity contribution in [2.24, 2.45) is 0 Å². The van der Waals surface area contributed by atoms with E-state index in [0.717, 1.165) is 17.0 Å². The maximum absolute atomic E-state index is 12.5. The molecule has 1 heterocycles. The molecule has 0 spiro atoms. The third-order valence-electron chi connectivity index (χ3n) is 4.15. The number of hydrogen-bond acceptors (Lipinski definition) is 3. The normalized spacial score (nSPS) is 16.3. The maximum Gasteiger partial charge on any atom is 0.416 e. The molecule has 0 aromatic heterocycles. The zero-order chi connectivity index (χ0) is 20.3. The molecular formula is C19H16ClF3N2O2S. The number of carbonyl (C=O) groups excluding carboxylic acids is 2. The number of hydrogen-bond donors (Lipinski definition) is 2. The Bertz CT molecular complexity index is 888. The van der Waals surface area contributed by atoms with E-state index in [4.69, 9.17) is 11.6 Å². The fraction of sp³-hybridized carbons (Fsp3) is 0.263. The van der Waals surface area contributed by atoms with Gasteiger partial charge in [0, 0.05) is 22.9 Å². The van der Waals surface area contributed by atoms with Gasteiger partial charge in [0.25, 0.3) is 0 Å². The number of benzene rings is 2. The predicted octanol–water partition coefficient (Wildman–Crippen LogP) is 4.52. The minimum absolute atomic E-state index is 0.00553. The minimum atomic E-state index is -4.37. The number of carbonyl (C=O) groups is 2. The van der Waals surface area contributed by atoms with Gasteiger partial charge in [-0.25, -0.2) is 0 Å². The van der Waals surface area contributed by atoms with Gasteiger partial charge in [-0.05, 0) is 42.3 Å². The molecule has 0 fully saturated rings. The van der Waals surface area contributed by atoms with E-state index in [1.165, 1.54) is 23.9 Å². The van der Waals surface area contributed by atoms with Crippen molar-refractivity contribution >= 4 is 40.9 Å². The molecule has 0 aliphatic carbocycles. The van der Waals surface area contributed by atoms with Crippen molar-refractivity contribution in [3.8, 4) is 0 Å². The summed E-state index contributed by atoms with van der Waals surface area (Å²) in [6, 6.07) is 9.97. The Labute approximate surface area is 168 Å². The van der Waals surface area contributed by atoms with Crippen molar-refractivity contribution < 1.29 is 22.8 Å². The number of amides is 2. The molecule has 1 aliphatic heterocycles. The lowest BCUT2D eigenvalue weighted by Crippen LogP contribution is -2.35. The Morgan fingerprint density at radius 1 is 1.18 bits per heavy atom. The molecule has 1 aliphatic rings. The maximum atomic E-state index is 12.5. The van der Waals surface area contributed by atoms with E-state index in [9.17, 15) is 22.8 Å². The molecule has 148 valence electrons. The first-order chi connectivity index (χ1) is 13.2. The van der Waals surface area contributed by atoms with Crippen molar-refractivity contribution in [2.45, 2.75) is 29.2 Å². The van der Waals surface area contributed by atoms with Gasteiger partial charge in [-0.1, -0.05) is 23.7 Å². The molecule has 0 saturated carbocycles. The number of anilines is 1. The van der Waals surface area contributed by atoms with Gasteiger partial charge in [0.1, 0.15) is 0 Å². The fourth-order valence-corrected chi connectivity index (χ4v) is 3.97. The average Bonchev–Trinajstić information content (AvgIpc) is 2.62. The number of halogens is 4. The van der Waals surface area contributed by atoms with Crippen LogP contribution in [0.1, 0.15) is 17.5 Å². The number of alkyl halides is 3. The SMILES string of the molecule is O=C(CC1Sc2ccc(Cl)cc2NC1=O)NCCc1ccc(C(F)(F)F)cc1.